The fourth-order valence-electron chi connectivity index (χ4n) is 1.29. The lowest BCUT2D eigenvalue weighted by Gasteiger charge is -2.08. The van der Waals surface area contributed by atoms with Gasteiger partial charge in [-0.1, -0.05) is 5.21 Å². The van der Waals surface area contributed by atoms with Gasteiger partial charge in [-0.25, -0.2) is 4.68 Å². The van der Waals surface area contributed by atoms with E-state index in [1.165, 1.54) is 9.58 Å². The predicted octanol–water partition coefficient (Wildman–Crippen LogP) is -0.285. The fourth-order valence-corrected chi connectivity index (χ4v) is 1.29. The summed E-state index contributed by atoms with van der Waals surface area (Å²) in [5.74, 6) is 0.433. The number of anilines is 1. The Morgan fingerprint density at radius 2 is 2.24 bits per heavy atom. The number of hydrogen-bond donors (Lipinski definition) is 1. The molecule has 1 aromatic rings. The fraction of sp³-hybridized carbons (Fsp3) is 0.600. The van der Waals surface area contributed by atoms with Crippen LogP contribution in [0.5, 0.6) is 0 Å². The van der Waals surface area contributed by atoms with Gasteiger partial charge in [0.15, 0.2) is 5.82 Å². The van der Waals surface area contributed by atoms with Crippen molar-refractivity contribution < 1.29 is 9.59 Å². The largest absolute Gasteiger partial charge is 0.347 e. The van der Waals surface area contributed by atoms with Gasteiger partial charge < -0.3 is 10.2 Å². The number of aromatic nitrogens is 3. The SMILES string of the molecule is CN(C)C(=O)Cn1cc(NC(=O)C2CC2)nn1. The van der Waals surface area contributed by atoms with Crippen LogP contribution in [0.15, 0.2) is 6.20 Å². The molecule has 2 rings (SSSR count). The predicted molar refractivity (Wildman–Crippen MR) is 60.1 cm³/mol. The maximum atomic E-state index is 11.5. The molecule has 0 atom stereocenters. The molecule has 1 aromatic heterocycles. The Hall–Kier alpha value is -1.92. The highest BCUT2D eigenvalue weighted by Gasteiger charge is 2.30. The van der Waals surface area contributed by atoms with E-state index in [1.54, 1.807) is 20.3 Å². The molecular weight excluding hydrogens is 222 g/mol. The Labute approximate surface area is 98.8 Å². The van der Waals surface area contributed by atoms with Crippen molar-refractivity contribution in [3.8, 4) is 0 Å². The summed E-state index contributed by atoms with van der Waals surface area (Å²) in [5.41, 5.74) is 0. The summed E-state index contributed by atoms with van der Waals surface area (Å²) in [6.07, 6.45) is 3.44. The van der Waals surface area contributed by atoms with Crippen molar-refractivity contribution in [2.24, 2.45) is 5.92 Å². The molecule has 2 amide bonds. The molecule has 0 unspecified atom stereocenters. The molecule has 1 N–H and O–H groups in total. The number of amides is 2. The van der Waals surface area contributed by atoms with Crippen LogP contribution in [0.1, 0.15) is 12.8 Å². The van der Waals surface area contributed by atoms with E-state index in [9.17, 15) is 9.59 Å². The molecule has 1 fully saturated rings. The van der Waals surface area contributed by atoms with Crippen molar-refractivity contribution in [2.45, 2.75) is 19.4 Å². The number of likely N-dealkylation sites (N-methyl/N-ethyl adjacent to an activating group) is 1. The van der Waals surface area contributed by atoms with Gasteiger partial charge in [-0.15, -0.1) is 5.10 Å². The van der Waals surface area contributed by atoms with E-state index < -0.39 is 0 Å². The lowest BCUT2D eigenvalue weighted by molar-refractivity contribution is -0.129. The van der Waals surface area contributed by atoms with Crippen LogP contribution in [0, 0.1) is 5.92 Å². The van der Waals surface area contributed by atoms with Gasteiger partial charge >= 0.3 is 0 Å². The van der Waals surface area contributed by atoms with E-state index in [-0.39, 0.29) is 24.3 Å². The van der Waals surface area contributed by atoms with Crippen LogP contribution in [0.25, 0.3) is 0 Å². The smallest absolute Gasteiger partial charge is 0.243 e. The first-order valence-corrected chi connectivity index (χ1v) is 5.47. The first kappa shape index (κ1) is 11.6. The number of rotatable bonds is 4. The second-order valence-electron chi connectivity index (χ2n) is 4.35. The maximum absolute atomic E-state index is 11.5. The second kappa shape index (κ2) is 4.52. The van der Waals surface area contributed by atoms with E-state index in [0.717, 1.165) is 12.8 Å². The first-order valence-electron chi connectivity index (χ1n) is 5.47. The van der Waals surface area contributed by atoms with Gasteiger partial charge in [-0.05, 0) is 12.8 Å². The summed E-state index contributed by atoms with van der Waals surface area (Å²) in [6, 6.07) is 0. The minimum atomic E-state index is -0.0741. The normalized spacial score (nSPS) is 14.5. The quantitative estimate of drug-likeness (QED) is 0.780. The van der Waals surface area contributed by atoms with Crippen molar-refractivity contribution in [2.75, 3.05) is 19.4 Å². The Balaban J connectivity index is 1.91. The van der Waals surface area contributed by atoms with Crippen LogP contribution >= 0.6 is 0 Å². The molecule has 1 saturated carbocycles. The first-order chi connectivity index (χ1) is 8.06. The third-order valence-electron chi connectivity index (χ3n) is 2.53. The molecule has 0 aromatic carbocycles. The number of nitrogens with zero attached hydrogens (tertiary/aromatic N) is 4. The zero-order valence-electron chi connectivity index (χ0n) is 9.88. The number of carbonyl (C=O) groups excluding carboxylic acids is 2. The van der Waals surface area contributed by atoms with Gasteiger partial charge in [0.1, 0.15) is 6.54 Å². The van der Waals surface area contributed by atoms with Gasteiger partial charge in [0.25, 0.3) is 0 Å². The van der Waals surface area contributed by atoms with Crippen molar-refractivity contribution in [3.05, 3.63) is 6.20 Å². The second-order valence-corrected chi connectivity index (χ2v) is 4.35. The third kappa shape index (κ3) is 3.02. The van der Waals surface area contributed by atoms with Gasteiger partial charge in [-0.3, -0.25) is 9.59 Å². The molecule has 0 radical (unpaired) electrons. The number of hydrogen-bond acceptors (Lipinski definition) is 4. The number of carbonyl (C=O) groups is 2. The molecule has 0 bridgehead atoms. The van der Waals surface area contributed by atoms with Crippen LogP contribution in [-0.4, -0.2) is 45.8 Å². The summed E-state index contributed by atoms with van der Waals surface area (Å²) >= 11 is 0. The summed E-state index contributed by atoms with van der Waals surface area (Å²) in [4.78, 5) is 24.3. The Morgan fingerprint density at radius 1 is 1.53 bits per heavy atom. The van der Waals surface area contributed by atoms with E-state index >= 15 is 0 Å². The summed E-state index contributed by atoms with van der Waals surface area (Å²) in [6.45, 7) is 0.124. The minimum Gasteiger partial charge on any atom is -0.347 e. The van der Waals surface area contributed by atoms with Gasteiger partial charge in [0.2, 0.25) is 11.8 Å². The third-order valence-corrected chi connectivity index (χ3v) is 2.53. The van der Waals surface area contributed by atoms with Crippen molar-refractivity contribution in [3.63, 3.8) is 0 Å². The Morgan fingerprint density at radius 3 is 2.82 bits per heavy atom. The van der Waals surface area contributed by atoms with E-state index in [4.69, 9.17) is 0 Å². The lowest BCUT2D eigenvalue weighted by Crippen LogP contribution is -2.26. The molecule has 7 nitrogen and oxygen atoms in total. The molecule has 7 heteroatoms. The molecule has 1 aliphatic rings. The van der Waals surface area contributed by atoms with Crippen molar-refractivity contribution >= 4 is 17.6 Å². The van der Waals surface area contributed by atoms with Gasteiger partial charge in [-0.2, -0.15) is 0 Å². The topological polar surface area (TPSA) is 80.1 Å². The maximum Gasteiger partial charge on any atom is 0.243 e. The summed E-state index contributed by atoms with van der Waals surface area (Å²) < 4.78 is 1.41. The Kier molecular flexibility index (Phi) is 3.08. The van der Waals surface area contributed by atoms with Gasteiger partial charge in [0.05, 0.1) is 6.20 Å². The van der Waals surface area contributed by atoms with Crippen LogP contribution < -0.4 is 5.32 Å². The molecule has 17 heavy (non-hydrogen) atoms. The average molecular weight is 237 g/mol. The van der Waals surface area contributed by atoms with Crippen LogP contribution in [-0.2, 0) is 16.1 Å². The van der Waals surface area contributed by atoms with Crippen molar-refractivity contribution in [1.29, 1.82) is 0 Å². The van der Waals surface area contributed by atoms with Gasteiger partial charge in [0, 0.05) is 20.0 Å². The van der Waals surface area contributed by atoms with Crippen LogP contribution in [0.2, 0.25) is 0 Å². The highest BCUT2D eigenvalue weighted by atomic mass is 16.2. The highest BCUT2D eigenvalue weighted by molar-refractivity contribution is 5.93. The molecule has 0 aliphatic heterocycles. The molecule has 0 spiro atoms. The lowest BCUT2D eigenvalue weighted by atomic mass is 10.4. The molecule has 0 saturated heterocycles. The average Bonchev–Trinajstić information content (AvgIpc) is 3.03. The zero-order chi connectivity index (χ0) is 12.4. The minimum absolute atomic E-state index is 0.0176. The Bertz CT molecular complexity index is 405. The summed E-state index contributed by atoms with van der Waals surface area (Å²) in [7, 11) is 3.35. The monoisotopic (exact) mass is 237 g/mol. The van der Waals surface area contributed by atoms with E-state index in [0.29, 0.717) is 5.82 Å². The van der Waals surface area contributed by atoms with E-state index in [2.05, 4.69) is 15.6 Å². The molecule has 1 heterocycles. The zero-order valence-corrected chi connectivity index (χ0v) is 9.88. The molecule has 1 aliphatic carbocycles. The highest BCUT2D eigenvalue weighted by Crippen LogP contribution is 2.29. The standard InChI is InChI=1S/C10H15N5O2/c1-14(2)9(16)6-15-5-8(12-13-15)11-10(17)7-3-4-7/h5,7H,3-4,6H2,1-2H3,(H,11,17). The summed E-state index contributed by atoms with van der Waals surface area (Å²) in [5, 5.41) is 10.2. The molecule has 92 valence electrons. The van der Waals surface area contributed by atoms with E-state index in [1.807, 2.05) is 0 Å². The van der Waals surface area contributed by atoms with Crippen molar-refractivity contribution in [1.82, 2.24) is 19.9 Å². The van der Waals surface area contributed by atoms with Crippen LogP contribution in [0.4, 0.5) is 5.82 Å². The number of nitrogens with one attached hydrogen (secondary N) is 1. The molecular formula is C10H15N5O2. The van der Waals surface area contributed by atoms with Crippen LogP contribution in [0.3, 0.4) is 0 Å².